The zero-order chi connectivity index (χ0) is 24.9. The number of hydrogen-bond donors (Lipinski definition) is 1. The van der Waals surface area contributed by atoms with Crippen molar-refractivity contribution in [3.05, 3.63) is 82.4 Å². The van der Waals surface area contributed by atoms with Gasteiger partial charge in [0.1, 0.15) is 17.2 Å². The molecule has 7 nitrogen and oxygen atoms in total. The second-order valence-electron chi connectivity index (χ2n) is 6.95. The van der Waals surface area contributed by atoms with Crippen LogP contribution in [-0.4, -0.2) is 29.3 Å². The van der Waals surface area contributed by atoms with Gasteiger partial charge in [0.2, 0.25) is 5.91 Å². The summed E-state index contributed by atoms with van der Waals surface area (Å²) in [5.74, 6) is -0.596. The summed E-state index contributed by atoms with van der Waals surface area (Å²) in [6, 6.07) is 13.4. The molecule has 0 saturated heterocycles. The fraction of sp³-hybridized carbons (Fsp3) is 0.0870. The molecule has 1 N–H and O–H groups in total. The van der Waals surface area contributed by atoms with E-state index in [4.69, 9.17) is 27.6 Å². The number of nitrogens with one attached hydrogen (secondary N) is 1. The molecule has 180 valence electrons. The topological polar surface area (TPSA) is 84.1 Å². The van der Waals surface area contributed by atoms with Crippen molar-refractivity contribution in [1.82, 2.24) is 0 Å². The highest BCUT2D eigenvalue weighted by Gasteiger charge is 2.32. The minimum absolute atomic E-state index is 0.0625. The van der Waals surface area contributed by atoms with Crippen LogP contribution in [0.15, 0.2) is 76.0 Å². The van der Waals surface area contributed by atoms with Gasteiger partial charge in [-0.15, -0.1) is 0 Å². The Bertz CT molecular complexity index is 1280. The van der Waals surface area contributed by atoms with Crippen LogP contribution in [0.1, 0.15) is 5.76 Å². The number of halogens is 4. The van der Waals surface area contributed by atoms with Gasteiger partial charge in [-0.25, -0.2) is 4.99 Å². The van der Waals surface area contributed by atoms with E-state index in [1.807, 2.05) is 0 Å². The van der Waals surface area contributed by atoms with Crippen LogP contribution in [-0.2, 0) is 9.59 Å². The Kier molecular flexibility index (Phi) is 7.74. The predicted molar refractivity (Wildman–Crippen MR) is 132 cm³/mol. The smallest absolute Gasteiger partial charge is 0.387 e. The maximum absolute atomic E-state index is 13.1. The zero-order valence-corrected chi connectivity index (χ0v) is 19.9. The fourth-order valence-electron chi connectivity index (χ4n) is 3.06. The molecule has 0 bridgehead atoms. The van der Waals surface area contributed by atoms with E-state index in [1.54, 1.807) is 24.3 Å². The molecule has 1 aliphatic rings. The SMILES string of the molecule is O=C(CSC1=N/C(=C/c2ccco2)C(=O)N1c1ccc(OC(F)F)cc1)Nc1cc(Cl)cc(Cl)c1. The maximum atomic E-state index is 13.1. The average molecular weight is 538 g/mol. The molecule has 3 aromatic rings. The van der Waals surface area contributed by atoms with Crippen LogP contribution in [0.4, 0.5) is 20.2 Å². The number of carbonyl (C=O) groups excluding carboxylic acids is 2. The van der Waals surface area contributed by atoms with E-state index in [9.17, 15) is 18.4 Å². The maximum Gasteiger partial charge on any atom is 0.387 e. The van der Waals surface area contributed by atoms with Gasteiger partial charge in [-0.2, -0.15) is 8.78 Å². The number of hydrogen-bond acceptors (Lipinski definition) is 6. The van der Waals surface area contributed by atoms with E-state index >= 15 is 0 Å². The second kappa shape index (κ2) is 10.9. The first-order valence-electron chi connectivity index (χ1n) is 9.90. The molecule has 2 amide bonds. The number of nitrogens with zero attached hydrogens (tertiary/aromatic N) is 2. The van der Waals surface area contributed by atoms with Gasteiger partial charge in [0.25, 0.3) is 5.91 Å². The number of anilines is 2. The molecule has 4 rings (SSSR count). The number of ether oxygens (including phenoxy) is 1. The van der Waals surface area contributed by atoms with Gasteiger partial charge in [0.15, 0.2) is 5.17 Å². The largest absolute Gasteiger partial charge is 0.465 e. The molecule has 35 heavy (non-hydrogen) atoms. The molecule has 0 atom stereocenters. The third kappa shape index (κ3) is 6.41. The van der Waals surface area contributed by atoms with Crippen LogP contribution >= 0.6 is 35.0 Å². The quantitative estimate of drug-likeness (QED) is 0.357. The molecular weight excluding hydrogens is 523 g/mol. The van der Waals surface area contributed by atoms with E-state index < -0.39 is 12.5 Å². The van der Waals surface area contributed by atoms with Crippen LogP contribution < -0.4 is 15.0 Å². The molecule has 1 aliphatic heterocycles. The molecule has 0 saturated carbocycles. The number of alkyl halides is 2. The van der Waals surface area contributed by atoms with Crippen molar-refractivity contribution >= 4 is 69.4 Å². The Hall–Kier alpha value is -3.34. The van der Waals surface area contributed by atoms with Crippen molar-refractivity contribution in [3.63, 3.8) is 0 Å². The third-order valence-corrected chi connectivity index (χ3v) is 5.83. The predicted octanol–water partition coefficient (Wildman–Crippen LogP) is 6.30. The first-order valence-corrected chi connectivity index (χ1v) is 11.6. The van der Waals surface area contributed by atoms with Gasteiger partial charge in [0, 0.05) is 21.8 Å². The van der Waals surface area contributed by atoms with Crippen LogP contribution in [0, 0.1) is 0 Å². The molecule has 0 aliphatic carbocycles. The van der Waals surface area contributed by atoms with Gasteiger partial charge in [-0.05, 0) is 54.6 Å². The molecule has 0 spiro atoms. The number of benzene rings is 2. The van der Waals surface area contributed by atoms with Gasteiger partial charge < -0.3 is 14.5 Å². The van der Waals surface area contributed by atoms with Crippen molar-refractivity contribution in [3.8, 4) is 5.75 Å². The summed E-state index contributed by atoms with van der Waals surface area (Å²) in [5.41, 5.74) is 0.854. The van der Waals surface area contributed by atoms with Gasteiger partial charge in [0.05, 0.1) is 17.7 Å². The standard InChI is InChI=1S/C23H15Cl2F2N3O4S/c24-13-8-14(25)10-15(9-13)28-20(31)12-35-23-29-19(11-18-2-1-7-33-18)21(32)30(23)16-3-5-17(6-4-16)34-22(26)27/h1-11,22H,12H2,(H,28,31)/b19-11+. The Morgan fingerprint density at radius 1 is 1.17 bits per heavy atom. The van der Waals surface area contributed by atoms with Gasteiger partial charge in [-0.3, -0.25) is 14.5 Å². The molecule has 12 heteroatoms. The van der Waals surface area contributed by atoms with Gasteiger partial charge >= 0.3 is 6.61 Å². The van der Waals surface area contributed by atoms with Crippen molar-refractivity contribution in [1.29, 1.82) is 0 Å². The Morgan fingerprint density at radius 2 is 1.89 bits per heavy atom. The monoisotopic (exact) mass is 537 g/mol. The van der Waals surface area contributed by atoms with Crippen molar-refractivity contribution < 1.29 is 27.5 Å². The molecule has 2 aromatic carbocycles. The lowest BCUT2D eigenvalue weighted by Gasteiger charge is -2.18. The van der Waals surface area contributed by atoms with Crippen LogP contribution in [0.5, 0.6) is 5.75 Å². The van der Waals surface area contributed by atoms with Crippen molar-refractivity contribution in [2.45, 2.75) is 6.61 Å². The highest BCUT2D eigenvalue weighted by molar-refractivity contribution is 8.14. The lowest BCUT2D eigenvalue weighted by Crippen LogP contribution is -2.31. The van der Waals surface area contributed by atoms with E-state index in [0.29, 0.717) is 27.2 Å². The number of rotatable bonds is 7. The number of furan rings is 1. The third-order valence-electron chi connectivity index (χ3n) is 4.45. The second-order valence-corrected chi connectivity index (χ2v) is 8.76. The summed E-state index contributed by atoms with van der Waals surface area (Å²) in [5, 5.41) is 3.63. The Morgan fingerprint density at radius 3 is 2.51 bits per heavy atom. The van der Waals surface area contributed by atoms with Crippen LogP contribution in [0.25, 0.3) is 6.08 Å². The zero-order valence-electron chi connectivity index (χ0n) is 17.6. The van der Waals surface area contributed by atoms with E-state index in [2.05, 4.69) is 15.0 Å². The van der Waals surface area contributed by atoms with E-state index in [0.717, 1.165) is 11.8 Å². The number of aliphatic imine (C=N–C) groups is 1. The first-order chi connectivity index (χ1) is 16.8. The normalized spacial score (nSPS) is 14.5. The van der Waals surface area contributed by atoms with Crippen LogP contribution in [0.2, 0.25) is 10.0 Å². The molecule has 0 fully saturated rings. The first kappa shape index (κ1) is 24.8. The number of carbonyl (C=O) groups is 2. The summed E-state index contributed by atoms with van der Waals surface area (Å²) in [6.45, 7) is -2.97. The number of amides is 2. The Labute approximate surface area is 212 Å². The fourth-order valence-corrected chi connectivity index (χ4v) is 4.40. The molecule has 0 unspecified atom stereocenters. The highest BCUT2D eigenvalue weighted by atomic mass is 35.5. The highest BCUT2D eigenvalue weighted by Crippen LogP contribution is 2.31. The lowest BCUT2D eigenvalue weighted by molar-refractivity contribution is -0.114. The summed E-state index contributed by atoms with van der Waals surface area (Å²) in [6.07, 6.45) is 2.92. The summed E-state index contributed by atoms with van der Waals surface area (Å²) in [4.78, 5) is 31.3. The lowest BCUT2D eigenvalue weighted by atomic mass is 10.2. The van der Waals surface area contributed by atoms with E-state index in [1.165, 1.54) is 47.6 Å². The molecular formula is C23H15Cl2F2N3O4S. The van der Waals surface area contributed by atoms with Gasteiger partial charge in [-0.1, -0.05) is 35.0 Å². The molecule has 1 aromatic heterocycles. The van der Waals surface area contributed by atoms with E-state index in [-0.39, 0.29) is 28.3 Å². The minimum atomic E-state index is -2.97. The number of amidine groups is 1. The van der Waals surface area contributed by atoms with Crippen molar-refractivity contribution in [2.24, 2.45) is 4.99 Å². The summed E-state index contributed by atoms with van der Waals surface area (Å²) < 4.78 is 34.6. The summed E-state index contributed by atoms with van der Waals surface area (Å²) >= 11 is 12.9. The Balaban J connectivity index is 1.54. The van der Waals surface area contributed by atoms with Crippen molar-refractivity contribution in [2.75, 3.05) is 16.0 Å². The minimum Gasteiger partial charge on any atom is -0.465 e. The average Bonchev–Trinajstić information content (AvgIpc) is 3.40. The number of thioether (sulfide) groups is 1. The molecule has 2 heterocycles. The summed E-state index contributed by atoms with van der Waals surface area (Å²) in [7, 11) is 0. The van der Waals surface area contributed by atoms with Crippen LogP contribution in [0.3, 0.4) is 0 Å². The molecule has 0 radical (unpaired) electrons.